The largest absolute Gasteiger partial charge is 0.435 e. The van der Waals surface area contributed by atoms with Gasteiger partial charge in [0.25, 0.3) is 0 Å². The molecule has 0 radical (unpaired) electrons. The quantitative estimate of drug-likeness (QED) is 0.699. The van der Waals surface area contributed by atoms with Crippen LogP contribution in [-0.4, -0.2) is 18.2 Å². The van der Waals surface area contributed by atoms with Gasteiger partial charge in [-0.25, -0.2) is 5.01 Å². The lowest BCUT2D eigenvalue weighted by Crippen LogP contribution is -2.44. The second-order valence-corrected chi connectivity index (χ2v) is 7.60. The van der Waals surface area contributed by atoms with Crippen molar-refractivity contribution < 1.29 is 13.5 Å². The zero-order chi connectivity index (χ0) is 19.4. The van der Waals surface area contributed by atoms with E-state index in [-0.39, 0.29) is 17.7 Å². The molecule has 0 aliphatic carbocycles. The number of ether oxygens (including phenoxy) is 1. The molecule has 27 heavy (non-hydrogen) atoms. The van der Waals surface area contributed by atoms with Crippen LogP contribution in [0.4, 0.5) is 8.78 Å². The Bertz CT molecular complexity index is 736. The van der Waals surface area contributed by atoms with Gasteiger partial charge in [-0.2, -0.15) is 8.78 Å². The lowest BCUT2D eigenvalue weighted by atomic mass is 9.81. The number of hydrogen-bond donors (Lipinski definition) is 1. The number of benzene rings is 2. The summed E-state index contributed by atoms with van der Waals surface area (Å²) >= 11 is 0. The minimum absolute atomic E-state index is 0.0713. The van der Waals surface area contributed by atoms with Crippen LogP contribution in [0, 0.1) is 5.92 Å². The smallest absolute Gasteiger partial charge is 0.387 e. The first kappa shape index (κ1) is 19.8. The first-order valence-corrected chi connectivity index (χ1v) is 9.59. The Morgan fingerprint density at radius 3 is 2.56 bits per heavy atom. The van der Waals surface area contributed by atoms with Crippen molar-refractivity contribution in [2.75, 3.05) is 6.54 Å². The molecule has 0 aromatic heterocycles. The van der Waals surface area contributed by atoms with Gasteiger partial charge in [0, 0.05) is 6.54 Å². The molecule has 1 aliphatic heterocycles. The number of nitrogens with two attached hydrogens (primary N) is 1. The van der Waals surface area contributed by atoms with E-state index in [1.165, 1.54) is 5.56 Å². The maximum Gasteiger partial charge on any atom is 0.387 e. The van der Waals surface area contributed by atoms with Crippen molar-refractivity contribution in [1.82, 2.24) is 5.01 Å². The summed E-state index contributed by atoms with van der Waals surface area (Å²) in [5.74, 6) is 7.18. The average molecular weight is 374 g/mol. The normalized spacial score (nSPS) is 21.0. The number of nitrogens with zero attached hydrogens (tertiary/aromatic N) is 1. The Balaban J connectivity index is 1.92. The maximum absolute atomic E-state index is 12.9. The number of piperidine rings is 1. The van der Waals surface area contributed by atoms with Gasteiger partial charge < -0.3 is 4.74 Å². The molecule has 0 unspecified atom stereocenters. The van der Waals surface area contributed by atoms with E-state index in [4.69, 9.17) is 10.6 Å². The molecule has 0 spiro atoms. The molecule has 0 bridgehead atoms. The second kappa shape index (κ2) is 8.81. The van der Waals surface area contributed by atoms with Gasteiger partial charge >= 0.3 is 6.61 Å². The number of alkyl halides is 2. The predicted molar refractivity (Wildman–Crippen MR) is 104 cm³/mol. The maximum atomic E-state index is 12.9. The number of rotatable bonds is 6. The fourth-order valence-corrected chi connectivity index (χ4v) is 4.04. The lowest BCUT2D eigenvalue weighted by molar-refractivity contribution is -0.0507. The molecule has 3 rings (SSSR count). The van der Waals surface area contributed by atoms with E-state index >= 15 is 0 Å². The van der Waals surface area contributed by atoms with E-state index in [0.29, 0.717) is 12.3 Å². The zero-order valence-electron chi connectivity index (χ0n) is 15.9. The summed E-state index contributed by atoms with van der Waals surface area (Å²) in [5.41, 5.74) is 3.13. The molecule has 5 heteroatoms. The molecule has 1 aliphatic rings. The second-order valence-electron chi connectivity index (χ2n) is 7.60. The third-order valence-electron chi connectivity index (χ3n) is 5.39. The van der Waals surface area contributed by atoms with Crippen molar-refractivity contribution in [3.8, 4) is 5.75 Å². The van der Waals surface area contributed by atoms with E-state index < -0.39 is 6.61 Å². The van der Waals surface area contributed by atoms with Crippen molar-refractivity contribution in [1.29, 1.82) is 0 Å². The molecular formula is C22H28F2N2O. The molecular weight excluding hydrogens is 346 g/mol. The minimum Gasteiger partial charge on any atom is -0.435 e. The van der Waals surface area contributed by atoms with Crippen molar-refractivity contribution in [3.63, 3.8) is 0 Å². The summed E-state index contributed by atoms with van der Waals surface area (Å²) in [6.07, 6.45) is 2.67. The highest BCUT2D eigenvalue weighted by molar-refractivity contribution is 5.39. The summed E-state index contributed by atoms with van der Waals surface area (Å²) in [4.78, 5) is 0. The Hall–Kier alpha value is -1.98. The fraction of sp³-hybridized carbons (Fsp3) is 0.455. The molecule has 1 heterocycles. The zero-order valence-corrected chi connectivity index (χ0v) is 15.9. The molecule has 2 atom stereocenters. The Labute approximate surface area is 160 Å². The van der Waals surface area contributed by atoms with Gasteiger partial charge in [-0.15, -0.1) is 0 Å². The van der Waals surface area contributed by atoms with Crippen molar-refractivity contribution in [3.05, 3.63) is 65.2 Å². The van der Waals surface area contributed by atoms with Gasteiger partial charge in [0.1, 0.15) is 5.75 Å². The van der Waals surface area contributed by atoms with E-state index in [1.54, 1.807) is 6.07 Å². The van der Waals surface area contributed by atoms with E-state index in [0.717, 1.165) is 30.5 Å². The highest BCUT2D eigenvalue weighted by Gasteiger charge is 2.32. The van der Waals surface area contributed by atoms with Gasteiger partial charge in [-0.05, 0) is 53.9 Å². The standard InChI is InChI=1S/C22H28F2N2O/c1-15(2)17-10-11-20(27-22(23)24)19(13-17)14-18-9-6-12-26(25)21(18)16-7-4-3-5-8-16/h3-5,7-8,10-11,13,15,18,21-22H,6,9,12,14,25H2,1-2H3/t18-,21+/m0/s1. The van der Waals surface area contributed by atoms with Gasteiger partial charge in [0.2, 0.25) is 0 Å². The van der Waals surface area contributed by atoms with E-state index in [2.05, 4.69) is 26.0 Å². The van der Waals surface area contributed by atoms with Gasteiger partial charge in [0.15, 0.2) is 0 Å². The van der Waals surface area contributed by atoms with Crippen LogP contribution in [0.1, 0.15) is 55.3 Å². The van der Waals surface area contributed by atoms with Crippen LogP contribution in [-0.2, 0) is 6.42 Å². The summed E-state index contributed by atoms with van der Waals surface area (Å²) in [6.45, 7) is 2.21. The molecule has 2 aromatic carbocycles. The molecule has 1 fully saturated rings. The molecule has 2 N–H and O–H groups in total. The van der Waals surface area contributed by atoms with E-state index in [9.17, 15) is 8.78 Å². The molecule has 3 nitrogen and oxygen atoms in total. The van der Waals surface area contributed by atoms with Crippen LogP contribution in [0.25, 0.3) is 0 Å². The first-order chi connectivity index (χ1) is 13.0. The SMILES string of the molecule is CC(C)c1ccc(OC(F)F)c(C[C@@H]2CCCN(N)[C@@H]2c2ccccc2)c1. The third-order valence-corrected chi connectivity index (χ3v) is 5.39. The van der Waals surface area contributed by atoms with Crippen LogP contribution < -0.4 is 10.6 Å². The lowest BCUT2D eigenvalue weighted by Gasteiger charge is -2.39. The van der Waals surface area contributed by atoms with Crippen molar-refractivity contribution >= 4 is 0 Å². The van der Waals surface area contributed by atoms with Gasteiger partial charge in [-0.1, -0.05) is 56.3 Å². The highest BCUT2D eigenvalue weighted by atomic mass is 19.3. The summed E-state index contributed by atoms with van der Waals surface area (Å²) in [6, 6.07) is 15.8. The third kappa shape index (κ3) is 4.85. The topological polar surface area (TPSA) is 38.5 Å². The average Bonchev–Trinajstić information content (AvgIpc) is 2.63. The van der Waals surface area contributed by atoms with Crippen LogP contribution in [0.3, 0.4) is 0 Å². The van der Waals surface area contributed by atoms with Crippen LogP contribution in [0.2, 0.25) is 0 Å². The van der Waals surface area contributed by atoms with Crippen molar-refractivity contribution in [2.45, 2.75) is 51.7 Å². The summed E-state index contributed by atoms with van der Waals surface area (Å²) < 4.78 is 30.6. The van der Waals surface area contributed by atoms with Gasteiger partial charge in [0.05, 0.1) is 6.04 Å². The molecule has 0 saturated carbocycles. The van der Waals surface area contributed by atoms with Crippen LogP contribution in [0.15, 0.2) is 48.5 Å². The number of hydrogen-bond acceptors (Lipinski definition) is 3. The minimum atomic E-state index is -2.82. The summed E-state index contributed by atoms with van der Waals surface area (Å²) in [7, 11) is 0. The number of halogens is 2. The van der Waals surface area contributed by atoms with Gasteiger partial charge in [-0.3, -0.25) is 5.84 Å². The molecule has 146 valence electrons. The van der Waals surface area contributed by atoms with Crippen molar-refractivity contribution in [2.24, 2.45) is 11.8 Å². The Morgan fingerprint density at radius 2 is 1.89 bits per heavy atom. The molecule has 0 amide bonds. The fourth-order valence-electron chi connectivity index (χ4n) is 4.04. The highest BCUT2D eigenvalue weighted by Crippen LogP contribution is 2.38. The number of hydrazine groups is 1. The Kier molecular flexibility index (Phi) is 6.45. The summed E-state index contributed by atoms with van der Waals surface area (Å²) in [5, 5.41) is 1.89. The molecule has 1 saturated heterocycles. The monoisotopic (exact) mass is 374 g/mol. The Morgan fingerprint density at radius 1 is 1.15 bits per heavy atom. The predicted octanol–water partition coefficient (Wildman–Crippen LogP) is 5.28. The first-order valence-electron chi connectivity index (χ1n) is 9.59. The molecule has 2 aromatic rings. The van der Waals surface area contributed by atoms with Crippen LogP contribution in [0.5, 0.6) is 5.75 Å². The van der Waals surface area contributed by atoms with Crippen LogP contribution >= 0.6 is 0 Å². The van der Waals surface area contributed by atoms with E-state index in [1.807, 2.05) is 35.3 Å².